The fraction of sp³-hybridized carbons (Fsp3) is 0.250. The van der Waals surface area contributed by atoms with Gasteiger partial charge in [-0.3, -0.25) is 4.68 Å². The van der Waals surface area contributed by atoms with E-state index >= 15 is 0 Å². The minimum Gasteiger partial charge on any atom is -0.398 e. The second-order valence-corrected chi connectivity index (χ2v) is 4.81. The lowest BCUT2D eigenvalue weighted by Crippen LogP contribution is -1.92. The van der Waals surface area contributed by atoms with Crippen LogP contribution in [0.4, 0.5) is 5.69 Å². The lowest BCUT2D eigenvalue weighted by atomic mass is 10.2. The van der Waals surface area contributed by atoms with Crippen LogP contribution in [0.5, 0.6) is 0 Å². The number of hydrogen-bond donors (Lipinski definition) is 1. The molecule has 3 nitrogen and oxygen atoms in total. The summed E-state index contributed by atoms with van der Waals surface area (Å²) < 4.78 is 1.81. The number of para-hydroxylation sites is 1. The summed E-state index contributed by atoms with van der Waals surface area (Å²) in [6.07, 6.45) is 3.91. The Morgan fingerprint density at radius 1 is 1.44 bits per heavy atom. The Morgan fingerprint density at radius 3 is 2.94 bits per heavy atom. The van der Waals surface area contributed by atoms with Gasteiger partial charge in [0.2, 0.25) is 0 Å². The number of anilines is 1. The van der Waals surface area contributed by atoms with Crippen molar-refractivity contribution in [3.8, 4) is 0 Å². The number of thioether (sulfide) groups is 1. The number of nitrogen functional groups attached to an aromatic ring is 1. The Bertz CT molecular complexity index is 491. The molecule has 0 amide bonds. The fourth-order valence-corrected chi connectivity index (χ4v) is 2.45. The van der Waals surface area contributed by atoms with E-state index in [4.69, 9.17) is 5.73 Å². The molecule has 0 aliphatic rings. The quantitative estimate of drug-likeness (QED) is 0.654. The van der Waals surface area contributed by atoms with Crippen molar-refractivity contribution in [1.82, 2.24) is 9.78 Å². The Kier molecular flexibility index (Phi) is 3.19. The molecule has 0 bridgehead atoms. The van der Waals surface area contributed by atoms with Crippen molar-refractivity contribution >= 4 is 17.4 Å². The number of aromatic nitrogens is 2. The highest BCUT2D eigenvalue weighted by Gasteiger charge is 2.03. The molecule has 0 atom stereocenters. The van der Waals surface area contributed by atoms with Crippen LogP contribution in [0.15, 0.2) is 35.5 Å². The summed E-state index contributed by atoms with van der Waals surface area (Å²) in [5.74, 6) is 0.904. The molecular weight excluding hydrogens is 218 g/mol. The minimum absolute atomic E-state index is 0.886. The molecule has 2 aromatic rings. The van der Waals surface area contributed by atoms with Crippen LogP contribution in [0.3, 0.4) is 0 Å². The lowest BCUT2D eigenvalue weighted by Gasteiger charge is -2.06. The van der Waals surface area contributed by atoms with Gasteiger partial charge in [0.05, 0.1) is 6.20 Å². The van der Waals surface area contributed by atoms with Gasteiger partial charge >= 0.3 is 0 Å². The number of rotatable bonds is 3. The maximum Gasteiger partial charge on any atom is 0.0530 e. The van der Waals surface area contributed by atoms with Gasteiger partial charge in [0.25, 0.3) is 0 Å². The van der Waals surface area contributed by atoms with Crippen LogP contribution in [-0.4, -0.2) is 9.78 Å². The highest BCUT2D eigenvalue weighted by atomic mass is 32.2. The molecule has 16 heavy (non-hydrogen) atoms. The standard InChI is InChI=1S/C12H15N3S/c1-9-4-3-5-11(12(9)13)16-8-10-6-14-15(2)7-10/h3-7H,8,13H2,1-2H3. The van der Waals surface area contributed by atoms with Crippen LogP contribution in [0, 0.1) is 6.92 Å². The zero-order valence-corrected chi connectivity index (χ0v) is 10.3. The molecule has 0 spiro atoms. The highest BCUT2D eigenvalue weighted by Crippen LogP contribution is 2.29. The van der Waals surface area contributed by atoms with Crippen LogP contribution < -0.4 is 5.73 Å². The van der Waals surface area contributed by atoms with E-state index in [0.717, 1.165) is 21.9 Å². The van der Waals surface area contributed by atoms with Gasteiger partial charge < -0.3 is 5.73 Å². The molecule has 1 heterocycles. The fourth-order valence-electron chi connectivity index (χ4n) is 1.49. The molecule has 0 fully saturated rings. The third-order valence-corrected chi connectivity index (χ3v) is 3.58. The Labute approximate surface area is 99.7 Å². The van der Waals surface area contributed by atoms with Gasteiger partial charge in [-0.15, -0.1) is 11.8 Å². The maximum atomic E-state index is 6.01. The molecule has 0 unspecified atom stereocenters. The van der Waals surface area contributed by atoms with Gasteiger partial charge in [-0.2, -0.15) is 5.10 Å². The third-order valence-electron chi connectivity index (χ3n) is 2.44. The molecule has 0 radical (unpaired) electrons. The molecule has 2 rings (SSSR count). The van der Waals surface area contributed by atoms with Crippen molar-refractivity contribution in [2.45, 2.75) is 17.6 Å². The van der Waals surface area contributed by atoms with E-state index in [-0.39, 0.29) is 0 Å². The predicted molar refractivity (Wildman–Crippen MR) is 68.4 cm³/mol. The van der Waals surface area contributed by atoms with Gasteiger partial charge in [0, 0.05) is 35.1 Å². The first-order chi connectivity index (χ1) is 7.66. The van der Waals surface area contributed by atoms with E-state index in [9.17, 15) is 0 Å². The summed E-state index contributed by atoms with van der Waals surface area (Å²) in [4.78, 5) is 1.14. The monoisotopic (exact) mass is 233 g/mol. The lowest BCUT2D eigenvalue weighted by molar-refractivity contribution is 0.767. The summed E-state index contributed by atoms with van der Waals surface area (Å²) in [5.41, 5.74) is 9.25. The topological polar surface area (TPSA) is 43.8 Å². The van der Waals surface area contributed by atoms with Gasteiger partial charge in [-0.25, -0.2) is 0 Å². The number of benzene rings is 1. The zero-order chi connectivity index (χ0) is 11.5. The molecule has 0 aliphatic carbocycles. The maximum absolute atomic E-state index is 6.01. The largest absolute Gasteiger partial charge is 0.398 e. The number of nitrogens with zero attached hydrogens (tertiary/aromatic N) is 2. The first kappa shape index (κ1) is 11.1. The summed E-state index contributed by atoms with van der Waals surface area (Å²) in [7, 11) is 1.93. The van der Waals surface area contributed by atoms with Gasteiger partial charge in [-0.1, -0.05) is 12.1 Å². The molecule has 1 aromatic carbocycles. The highest BCUT2D eigenvalue weighted by molar-refractivity contribution is 7.98. The van der Waals surface area contributed by atoms with Crippen molar-refractivity contribution in [1.29, 1.82) is 0 Å². The summed E-state index contributed by atoms with van der Waals surface area (Å²) in [6.45, 7) is 2.03. The summed E-state index contributed by atoms with van der Waals surface area (Å²) in [6, 6.07) is 6.13. The Balaban J connectivity index is 2.07. The van der Waals surface area contributed by atoms with Crippen molar-refractivity contribution in [3.05, 3.63) is 41.7 Å². The SMILES string of the molecule is Cc1cccc(SCc2cnn(C)c2)c1N. The average Bonchev–Trinajstić information content (AvgIpc) is 2.67. The van der Waals surface area contributed by atoms with Crippen LogP contribution >= 0.6 is 11.8 Å². The van der Waals surface area contributed by atoms with Crippen molar-refractivity contribution in [2.24, 2.45) is 7.05 Å². The van der Waals surface area contributed by atoms with Crippen molar-refractivity contribution < 1.29 is 0 Å². The van der Waals surface area contributed by atoms with Gasteiger partial charge in [0.1, 0.15) is 0 Å². The second-order valence-electron chi connectivity index (χ2n) is 3.80. The number of aryl methyl sites for hydroxylation is 2. The first-order valence-electron chi connectivity index (χ1n) is 5.12. The third kappa shape index (κ3) is 2.39. The number of nitrogens with two attached hydrogens (primary N) is 1. The van der Waals surface area contributed by atoms with E-state index < -0.39 is 0 Å². The van der Waals surface area contributed by atoms with E-state index in [1.54, 1.807) is 11.8 Å². The average molecular weight is 233 g/mol. The molecule has 84 valence electrons. The van der Waals surface area contributed by atoms with Crippen LogP contribution in [-0.2, 0) is 12.8 Å². The van der Waals surface area contributed by atoms with Gasteiger partial charge in [0.15, 0.2) is 0 Å². The normalized spacial score (nSPS) is 10.6. The van der Waals surface area contributed by atoms with Crippen molar-refractivity contribution in [3.63, 3.8) is 0 Å². The smallest absolute Gasteiger partial charge is 0.0530 e. The van der Waals surface area contributed by atoms with E-state index in [1.807, 2.05) is 43.2 Å². The van der Waals surface area contributed by atoms with Gasteiger partial charge in [-0.05, 0) is 18.6 Å². The molecular formula is C12H15N3S. The van der Waals surface area contributed by atoms with Crippen LogP contribution in [0.25, 0.3) is 0 Å². The summed E-state index contributed by atoms with van der Waals surface area (Å²) in [5, 5.41) is 4.14. The second kappa shape index (κ2) is 4.61. The predicted octanol–water partition coefficient (Wildman–Crippen LogP) is 2.60. The van der Waals surface area contributed by atoms with E-state index in [0.29, 0.717) is 0 Å². The Morgan fingerprint density at radius 2 is 2.25 bits per heavy atom. The van der Waals surface area contributed by atoms with Crippen molar-refractivity contribution in [2.75, 3.05) is 5.73 Å². The molecule has 0 saturated heterocycles. The van der Waals surface area contributed by atoms with Crippen LogP contribution in [0.2, 0.25) is 0 Å². The van der Waals surface area contributed by atoms with E-state index in [2.05, 4.69) is 11.2 Å². The first-order valence-corrected chi connectivity index (χ1v) is 6.11. The molecule has 4 heteroatoms. The van der Waals surface area contributed by atoms with E-state index in [1.165, 1.54) is 5.56 Å². The van der Waals surface area contributed by atoms with Crippen LogP contribution in [0.1, 0.15) is 11.1 Å². The zero-order valence-electron chi connectivity index (χ0n) is 9.47. The minimum atomic E-state index is 0.886. The molecule has 0 saturated carbocycles. The molecule has 1 aromatic heterocycles. The summed E-state index contributed by atoms with van der Waals surface area (Å²) >= 11 is 1.75. The Hall–Kier alpha value is -1.42. The molecule has 0 aliphatic heterocycles. The molecule has 2 N–H and O–H groups in total. The number of hydrogen-bond acceptors (Lipinski definition) is 3.